The third-order valence-corrected chi connectivity index (χ3v) is 7.01. The van der Waals surface area contributed by atoms with Gasteiger partial charge in [0.1, 0.15) is 0 Å². The molecule has 0 aliphatic heterocycles. The minimum Gasteiger partial charge on any atom is -0.328 e. The molecular formula is C28H62N2+2. The van der Waals surface area contributed by atoms with Gasteiger partial charge in [-0.15, -0.1) is 0 Å². The van der Waals surface area contributed by atoms with Crippen LogP contribution in [-0.2, 0) is 0 Å². The van der Waals surface area contributed by atoms with Crippen LogP contribution in [0.15, 0.2) is 0 Å². The molecule has 0 fully saturated rings. The summed E-state index contributed by atoms with van der Waals surface area (Å²) in [4.78, 5) is 0. The first-order valence-electron chi connectivity index (χ1n) is 14.0. The van der Waals surface area contributed by atoms with E-state index in [1.807, 2.05) is 0 Å². The molecule has 0 aliphatic carbocycles. The molecular weight excluding hydrogens is 364 g/mol. The van der Waals surface area contributed by atoms with E-state index in [0.29, 0.717) is 0 Å². The smallest absolute Gasteiger partial charge is 0.0782 e. The molecule has 0 heterocycles. The van der Waals surface area contributed by atoms with Gasteiger partial charge in [-0.1, -0.05) is 78.1 Å². The summed E-state index contributed by atoms with van der Waals surface area (Å²) in [6, 6.07) is 0. The molecule has 0 aromatic carbocycles. The van der Waals surface area contributed by atoms with Crippen LogP contribution in [0.5, 0.6) is 0 Å². The second kappa shape index (κ2) is 19.6. The van der Waals surface area contributed by atoms with Crippen LogP contribution in [0.25, 0.3) is 0 Å². The van der Waals surface area contributed by atoms with Crippen LogP contribution >= 0.6 is 0 Å². The average Bonchev–Trinajstić information content (AvgIpc) is 2.69. The summed E-state index contributed by atoms with van der Waals surface area (Å²) in [6.45, 7) is 10.1. The summed E-state index contributed by atoms with van der Waals surface area (Å²) in [5.41, 5.74) is 0. The topological polar surface area (TPSA) is 0 Å². The molecule has 182 valence electrons. The first-order valence-corrected chi connectivity index (χ1v) is 14.0. The molecule has 0 aromatic heterocycles. The SMILES string of the molecule is CCCCCCCC[N+](C)(C)CCCCCCCC[N+](C)(C)CCCCCCCC. The van der Waals surface area contributed by atoms with Crippen LogP contribution < -0.4 is 0 Å². The third kappa shape index (κ3) is 21.2. The zero-order valence-electron chi connectivity index (χ0n) is 22.5. The van der Waals surface area contributed by atoms with Gasteiger partial charge in [0.25, 0.3) is 0 Å². The van der Waals surface area contributed by atoms with Crippen molar-refractivity contribution in [2.75, 3.05) is 54.4 Å². The van der Waals surface area contributed by atoms with E-state index >= 15 is 0 Å². The maximum atomic E-state index is 2.44. The van der Waals surface area contributed by atoms with Gasteiger partial charge in [-0.05, 0) is 51.4 Å². The summed E-state index contributed by atoms with van der Waals surface area (Å²) in [5, 5.41) is 0. The lowest BCUT2D eigenvalue weighted by molar-refractivity contribution is -0.890. The molecule has 0 saturated heterocycles. The fourth-order valence-electron chi connectivity index (χ4n) is 4.65. The fourth-order valence-corrected chi connectivity index (χ4v) is 4.65. The van der Waals surface area contributed by atoms with E-state index in [-0.39, 0.29) is 0 Å². The van der Waals surface area contributed by atoms with Gasteiger partial charge in [-0.3, -0.25) is 0 Å². The van der Waals surface area contributed by atoms with Gasteiger partial charge in [-0.25, -0.2) is 0 Å². The molecule has 0 unspecified atom stereocenters. The lowest BCUT2D eigenvalue weighted by Gasteiger charge is -2.30. The minimum atomic E-state index is 1.23. The lowest BCUT2D eigenvalue weighted by Crippen LogP contribution is -2.41. The van der Waals surface area contributed by atoms with Crippen molar-refractivity contribution in [3.05, 3.63) is 0 Å². The van der Waals surface area contributed by atoms with Crippen LogP contribution in [0.3, 0.4) is 0 Å². The first kappa shape index (κ1) is 29.9. The number of hydrogen-bond acceptors (Lipinski definition) is 0. The number of hydrogen-bond donors (Lipinski definition) is 0. The van der Waals surface area contributed by atoms with Crippen LogP contribution in [-0.4, -0.2) is 63.3 Å². The maximum Gasteiger partial charge on any atom is 0.0782 e. The van der Waals surface area contributed by atoms with E-state index in [0.717, 1.165) is 0 Å². The molecule has 0 bridgehead atoms. The van der Waals surface area contributed by atoms with Gasteiger partial charge in [0.15, 0.2) is 0 Å². The predicted octanol–water partition coefficient (Wildman–Crippen LogP) is 8.20. The van der Waals surface area contributed by atoms with E-state index in [1.54, 1.807) is 0 Å². The number of nitrogens with zero attached hydrogens (tertiary/aromatic N) is 2. The Balaban J connectivity index is 3.52. The van der Waals surface area contributed by atoms with Crippen molar-refractivity contribution in [2.45, 2.75) is 129 Å². The van der Waals surface area contributed by atoms with E-state index in [4.69, 9.17) is 0 Å². The quantitative estimate of drug-likeness (QED) is 0.114. The van der Waals surface area contributed by atoms with E-state index < -0.39 is 0 Å². The van der Waals surface area contributed by atoms with Crippen LogP contribution in [0.1, 0.15) is 129 Å². The Morgan fingerprint density at radius 2 is 0.500 bits per heavy atom. The van der Waals surface area contributed by atoms with Gasteiger partial charge in [0.05, 0.1) is 54.4 Å². The van der Waals surface area contributed by atoms with Crippen molar-refractivity contribution in [3.63, 3.8) is 0 Å². The van der Waals surface area contributed by atoms with Gasteiger partial charge in [0, 0.05) is 0 Å². The molecule has 30 heavy (non-hydrogen) atoms. The molecule has 0 aliphatic rings. The average molecular weight is 427 g/mol. The summed E-state index contributed by atoms with van der Waals surface area (Å²) in [7, 11) is 9.76. The molecule has 0 atom stereocenters. The van der Waals surface area contributed by atoms with Gasteiger partial charge in [-0.2, -0.15) is 0 Å². The molecule has 0 saturated carbocycles. The number of unbranched alkanes of at least 4 members (excludes halogenated alkanes) is 15. The number of rotatable bonds is 23. The Morgan fingerprint density at radius 3 is 0.733 bits per heavy atom. The predicted molar refractivity (Wildman–Crippen MR) is 138 cm³/mol. The minimum absolute atomic E-state index is 1.23. The molecule has 2 heteroatoms. The Bertz CT molecular complexity index is 315. The van der Waals surface area contributed by atoms with Crippen molar-refractivity contribution in [1.29, 1.82) is 0 Å². The monoisotopic (exact) mass is 426 g/mol. The molecule has 0 radical (unpaired) electrons. The fraction of sp³-hybridized carbons (Fsp3) is 1.00. The van der Waals surface area contributed by atoms with Gasteiger partial charge in [0.2, 0.25) is 0 Å². The molecule has 0 N–H and O–H groups in total. The highest BCUT2D eigenvalue weighted by molar-refractivity contribution is 4.49. The van der Waals surface area contributed by atoms with Crippen LogP contribution in [0.4, 0.5) is 0 Å². The second-order valence-corrected chi connectivity index (χ2v) is 11.4. The highest BCUT2D eigenvalue weighted by Crippen LogP contribution is 2.13. The Labute approximate surface area is 193 Å². The Kier molecular flexibility index (Phi) is 19.5. The largest absolute Gasteiger partial charge is 0.328 e. The molecule has 0 spiro atoms. The summed E-state index contributed by atoms with van der Waals surface area (Å²) >= 11 is 0. The standard InChI is InChI=1S/C28H62N2/c1-7-9-11-13-17-21-25-29(3,4)27-23-19-15-16-20-24-28-30(5,6)26-22-18-14-12-10-8-2/h7-28H2,1-6H3/q+2. The summed E-state index contributed by atoms with van der Waals surface area (Å²) in [6.07, 6.45) is 25.7. The Hall–Kier alpha value is -0.0800. The van der Waals surface area contributed by atoms with Gasteiger partial charge < -0.3 is 8.97 Å². The van der Waals surface area contributed by atoms with Crippen LogP contribution in [0.2, 0.25) is 0 Å². The van der Waals surface area contributed by atoms with Crippen LogP contribution in [0, 0.1) is 0 Å². The zero-order valence-corrected chi connectivity index (χ0v) is 22.5. The molecule has 2 nitrogen and oxygen atoms in total. The first-order chi connectivity index (χ1) is 14.3. The van der Waals surface area contributed by atoms with Gasteiger partial charge >= 0.3 is 0 Å². The van der Waals surface area contributed by atoms with Crippen molar-refractivity contribution in [2.24, 2.45) is 0 Å². The van der Waals surface area contributed by atoms with Crippen molar-refractivity contribution in [3.8, 4) is 0 Å². The molecule has 0 amide bonds. The lowest BCUT2D eigenvalue weighted by atomic mass is 10.1. The highest BCUT2D eigenvalue weighted by Gasteiger charge is 2.15. The maximum absolute atomic E-state index is 2.44. The normalized spacial score (nSPS) is 12.6. The third-order valence-electron chi connectivity index (χ3n) is 7.01. The van der Waals surface area contributed by atoms with E-state index in [2.05, 4.69) is 42.0 Å². The summed E-state index contributed by atoms with van der Waals surface area (Å²) < 4.78 is 2.47. The number of quaternary nitrogens is 2. The molecule has 0 rings (SSSR count). The van der Waals surface area contributed by atoms with E-state index in [1.165, 1.54) is 151 Å². The van der Waals surface area contributed by atoms with Crippen molar-refractivity contribution in [1.82, 2.24) is 0 Å². The van der Waals surface area contributed by atoms with Crippen molar-refractivity contribution >= 4 is 0 Å². The van der Waals surface area contributed by atoms with Crippen molar-refractivity contribution < 1.29 is 8.97 Å². The van der Waals surface area contributed by atoms with E-state index in [9.17, 15) is 0 Å². The highest BCUT2D eigenvalue weighted by atomic mass is 15.3. The summed E-state index contributed by atoms with van der Waals surface area (Å²) in [5.74, 6) is 0. The zero-order chi connectivity index (χ0) is 22.6. The molecule has 0 aromatic rings. The Morgan fingerprint density at radius 1 is 0.300 bits per heavy atom. The second-order valence-electron chi connectivity index (χ2n) is 11.4.